The SMILES string of the molecule is CC(C)(CNS(=O)(=O)c1ccccc1NN)S(C)(=O)=O. The lowest BCUT2D eigenvalue weighted by molar-refractivity contribution is 0.537. The topological polar surface area (TPSA) is 118 Å². The first-order valence-electron chi connectivity index (χ1n) is 5.76. The summed E-state index contributed by atoms with van der Waals surface area (Å²) in [5, 5.41) is 0. The van der Waals surface area contributed by atoms with E-state index >= 15 is 0 Å². The summed E-state index contributed by atoms with van der Waals surface area (Å²) in [7, 11) is -7.24. The van der Waals surface area contributed by atoms with Crippen LogP contribution in [0.25, 0.3) is 0 Å². The molecule has 0 saturated heterocycles. The fourth-order valence-electron chi connectivity index (χ4n) is 1.30. The van der Waals surface area contributed by atoms with Gasteiger partial charge in [-0.25, -0.2) is 21.6 Å². The molecule has 0 heterocycles. The molecular weight excluding hydrogens is 302 g/mol. The average molecular weight is 321 g/mol. The first-order valence-corrected chi connectivity index (χ1v) is 9.13. The van der Waals surface area contributed by atoms with Crippen LogP contribution >= 0.6 is 0 Å². The van der Waals surface area contributed by atoms with E-state index in [9.17, 15) is 16.8 Å². The Morgan fingerprint density at radius 3 is 2.20 bits per heavy atom. The summed E-state index contributed by atoms with van der Waals surface area (Å²) in [6.07, 6.45) is 1.07. The molecule has 0 saturated carbocycles. The lowest BCUT2D eigenvalue weighted by atomic mass is 10.2. The Morgan fingerprint density at radius 1 is 1.15 bits per heavy atom. The van der Waals surface area contributed by atoms with Crippen LogP contribution < -0.4 is 16.0 Å². The maximum atomic E-state index is 12.2. The zero-order valence-electron chi connectivity index (χ0n) is 11.5. The number of nitrogen functional groups attached to an aromatic ring is 1. The fraction of sp³-hybridized carbons (Fsp3) is 0.455. The van der Waals surface area contributed by atoms with E-state index in [2.05, 4.69) is 10.1 Å². The molecule has 7 nitrogen and oxygen atoms in total. The summed E-state index contributed by atoms with van der Waals surface area (Å²) in [5.41, 5.74) is 2.53. The molecule has 0 unspecified atom stereocenters. The Labute approximate surface area is 119 Å². The molecule has 0 spiro atoms. The van der Waals surface area contributed by atoms with E-state index in [1.165, 1.54) is 26.0 Å². The van der Waals surface area contributed by atoms with Crippen molar-refractivity contribution in [3.8, 4) is 0 Å². The van der Waals surface area contributed by atoms with Gasteiger partial charge in [-0.05, 0) is 26.0 Å². The van der Waals surface area contributed by atoms with Crippen LogP contribution in [0.3, 0.4) is 0 Å². The van der Waals surface area contributed by atoms with Gasteiger partial charge in [-0.1, -0.05) is 12.1 Å². The molecule has 0 bridgehead atoms. The van der Waals surface area contributed by atoms with Crippen LogP contribution in [-0.4, -0.2) is 34.4 Å². The quantitative estimate of drug-likeness (QED) is 0.504. The summed E-state index contributed by atoms with van der Waals surface area (Å²) in [5.74, 6) is 5.26. The molecule has 20 heavy (non-hydrogen) atoms. The van der Waals surface area contributed by atoms with Gasteiger partial charge in [0.1, 0.15) is 4.90 Å². The zero-order valence-corrected chi connectivity index (χ0v) is 13.2. The van der Waals surface area contributed by atoms with Crippen molar-refractivity contribution in [2.75, 3.05) is 18.2 Å². The van der Waals surface area contributed by atoms with Gasteiger partial charge in [0, 0.05) is 12.8 Å². The van der Waals surface area contributed by atoms with Gasteiger partial charge in [0.2, 0.25) is 10.0 Å². The third-order valence-electron chi connectivity index (χ3n) is 3.02. The monoisotopic (exact) mass is 321 g/mol. The van der Waals surface area contributed by atoms with E-state index in [0.29, 0.717) is 0 Å². The molecule has 1 aromatic rings. The second-order valence-corrected chi connectivity index (χ2v) is 9.38. The van der Waals surface area contributed by atoms with Crippen LogP contribution in [-0.2, 0) is 19.9 Å². The second kappa shape index (κ2) is 5.68. The highest BCUT2D eigenvalue weighted by atomic mass is 32.2. The molecule has 9 heteroatoms. The van der Waals surface area contributed by atoms with Crippen molar-refractivity contribution in [1.82, 2.24) is 4.72 Å². The molecule has 0 aliphatic heterocycles. The van der Waals surface area contributed by atoms with Gasteiger partial charge in [0.15, 0.2) is 9.84 Å². The minimum Gasteiger partial charge on any atom is -0.323 e. The van der Waals surface area contributed by atoms with Crippen molar-refractivity contribution in [3.63, 3.8) is 0 Å². The number of hydrogen-bond donors (Lipinski definition) is 3. The van der Waals surface area contributed by atoms with Gasteiger partial charge in [-0.2, -0.15) is 0 Å². The van der Waals surface area contributed by atoms with E-state index in [-0.39, 0.29) is 17.1 Å². The highest BCUT2D eigenvalue weighted by Crippen LogP contribution is 2.21. The number of sulfone groups is 1. The van der Waals surface area contributed by atoms with Gasteiger partial charge >= 0.3 is 0 Å². The van der Waals surface area contributed by atoms with Crippen molar-refractivity contribution in [3.05, 3.63) is 24.3 Å². The minimum absolute atomic E-state index is 0.0354. The Balaban J connectivity index is 3.03. The average Bonchev–Trinajstić information content (AvgIpc) is 2.35. The number of anilines is 1. The van der Waals surface area contributed by atoms with Crippen molar-refractivity contribution < 1.29 is 16.8 Å². The van der Waals surface area contributed by atoms with Gasteiger partial charge < -0.3 is 5.43 Å². The van der Waals surface area contributed by atoms with Crippen LogP contribution in [0.1, 0.15) is 13.8 Å². The highest BCUT2D eigenvalue weighted by molar-refractivity contribution is 7.92. The number of nitrogens with two attached hydrogens (primary N) is 1. The molecule has 0 aromatic heterocycles. The standard InChI is InChI=1S/C11H19N3O4S2/c1-11(2,19(3,15)16)8-13-20(17,18)10-7-5-4-6-9(10)14-12/h4-7,13-14H,8,12H2,1-3H3. The predicted molar refractivity (Wildman–Crippen MR) is 78.4 cm³/mol. The first-order chi connectivity index (χ1) is 9.01. The number of hydrazine groups is 1. The summed E-state index contributed by atoms with van der Waals surface area (Å²) in [4.78, 5) is -0.0354. The fourth-order valence-corrected chi connectivity index (χ4v) is 3.10. The number of rotatable bonds is 6. The van der Waals surface area contributed by atoms with Gasteiger partial charge in [0.05, 0.1) is 10.4 Å². The van der Waals surface area contributed by atoms with E-state index in [0.717, 1.165) is 6.26 Å². The van der Waals surface area contributed by atoms with Gasteiger partial charge in [-0.15, -0.1) is 0 Å². The maximum Gasteiger partial charge on any atom is 0.242 e. The number of nitrogens with one attached hydrogen (secondary N) is 2. The van der Waals surface area contributed by atoms with E-state index in [4.69, 9.17) is 5.84 Å². The number of para-hydroxylation sites is 1. The minimum atomic E-state index is -3.85. The van der Waals surface area contributed by atoms with Crippen LogP contribution in [0.2, 0.25) is 0 Å². The van der Waals surface area contributed by atoms with Crippen molar-refractivity contribution in [2.24, 2.45) is 5.84 Å². The molecule has 0 aliphatic carbocycles. The number of benzene rings is 1. The van der Waals surface area contributed by atoms with E-state index in [1.807, 2.05) is 0 Å². The summed E-state index contributed by atoms with van der Waals surface area (Å²) >= 11 is 0. The molecule has 0 amide bonds. The highest BCUT2D eigenvalue weighted by Gasteiger charge is 2.32. The van der Waals surface area contributed by atoms with Crippen LogP contribution in [0.5, 0.6) is 0 Å². The molecular formula is C11H19N3O4S2. The van der Waals surface area contributed by atoms with Crippen LogP contribution in [0.4, 0.5) is 5.69 Å². The molecule has 0 fully saturated rings. The molecule has 0 radical (unpaired) electrons. The second-order valence-electron chi connectivity index (χ2n) is 5.00. The Kier molecular flexibility index (Phi) is 4.80. The molecule has 0 aliphatic rings. The van der Waals surface area contributed by atoms with Crippen LogP contribution in [0, 0.1) is 0 Å². The predicted octanol–water partition coefficient (Wildman–Crippen LogP) is 0.0737. The summed E-state index contributed by atoms with van der Waals surface area (Å²) in [6, 6.07) is 6.08. The lowest BCUT2D eigenvalue weighted by Gasteiger charge is -2.23. The van der Waals surface area contributed by atoms with E-state index in [1.54, 1.807) is 12.1 Å². The van der Waals surface area contributed by atoms with Crippen molar-refractivity contribution in [1.29, 1.82) is 0 Å². The smallest absolute Gasteiger partial charge is 0.242 e. The Bertz CT molecular complexity index is 681. The third-order valence-corrected chi connectivity index (χ3v) is 6.64. The third kappa shape index (κ3) is 3.69. The van der Waals surface area contributed by atoms with E-state index < -0.39 is 24.6 Å². The lowest BCUT2D eigenvalue weighted by Crippen LogP contribution is -2.43. The molecule has 114 valence electrons. The molecule has 1 aromatic carbocycles. The number of sulfonamides is 1. The largest absolute Gasteiger partial charge is 0.323 e. The van der Waals surface area contributed by atoms with Crippen molar-refractivity contribution in [2.45, 2.75) is 23.5 Å². The summed E-state index contributed by atoms with van der Waals surface area (Å²) < 4.78 is 48.6. The molecule has 1 rings (SSSR count). The summed E-state index contributed by atoms with van der Waals surface area (Å²) in [6.45, 7) is 2.68. The molecule has 4 N–H and O–H groups in total. The Morgan fingerprint density at radius 2 is 1.70 bits per heavy atom. The normalized spacial score (nSPS) is 13.2. The zero-order chi connectivity index (χ0) is 15.6. The van der Waals surface area contributed by atoms with Crippen LogP contribution in [0.15, 0.2) is 29.2 Å². The first kappa shape index (κ1) is 16.9. The maximum absolute atomic E-state index is 12.2. The van der Waals surface area contributed by atoms with Gasteiger partial charge in [-0.3, -0.25) is 5.84 Å². The Hall–Kier alpha value is -1.16. The van der Waals surface area contributed by atoms with Gasteiger partial charge in [0.25, 0.3) is 0 Å². The molecule has 0 atom stereocenters. The van der Waals surface area contributed by atoms with Crippen molar-refractivity contribution >= 4 is 25.5 Å². The number of hydrogen-bond acceptors (Lipinski definition) is 6.